The maximum Gasteiger partial charge on any atom is 0.155 e. The molecule has 0 saturated carbocycles. The van der Waals surface area contributed by atoms with Crippen LogP contribution in [0.4, 0.5) is 0 Å². The van der Waals surface area contributed by atoms with Crippen molar-refractivity contribution in [1.29, 1.82) is 0 Å². The molecule has 2 N–H and O–H groups in total. The molecule has 0 aliphatic rings. The number of ketones is 1. The first-order chi connectivity index (χ1) is 17.1. The van der Waals surface area contributed by atoms with Crippen molar-refractivity contribution >= 4 is 23.1 Å². The van der Waals surface area contributed by atoms with Crippen LogP contribution in [0.25, 0.3) is 0 Å². The van der Waals surface area contributed by atoms with Gasteiger partial charge in [0.1, 0.15) is 0 Å². The molecule has 0 amide bonds. The number of benzene rings is 2. The largest absolute Gasteiger partial charge is 0.398 e. The molecule has 0 spiro atoms. The summed E-state index contributed by atoms with van der Waals surface area (Å²) in [6, 6.07) is 16.0. The van der Waals surface area contributed by atoms with Crippen LogP contribution in [-0.2, 0) is 17.8 Å². The Labute approximate surface area is 221 Å². The molecule has 5 heteroatoms. The maximum atomic E-state index is 12.0. The lowest BCUT2D eigenvalue weighted by atomic mass is 9.91. The summed E-state index contributed by atoms with van der Waals surface area (Å²) in [6.07, 6.45) is 6.55. The zero-order valence-corrected chi connectivity index (χ0v) is 23.1. The van der Waals surface area contributed by atoms with E-state index in [1.165, 1.54) is 5.56 Å². The second kappa shape index (κ2) is 13.6. The van der Waals surface area contributed by atoms with Gasteiger partial charge in [-0.15, -0.1) is 0 Å². The van der Waals surface area contributed by atoms with Crippen LogP contribution in [0.15, 0.2) is 101 Å². The number of carbonyl (C=O) groups excluding carboxylic acids is 1. The first-order valence-electron chi connectivity index (χ1n) is 12.2. The van der Waals surface area contributed by atoms with Gasteiger partial charge in [-0.3, -0.25) is 9.79 Å². The van der Waals surface area contributed by atoms with E-state index in [1.807, 2.05) is 64.2 Å². The maximum absolute atomic E-state index is 12.0. The number of nitrogens with two attached hydrogens (primary N) is 1. The van der Waals surface area contributed by atoms with E-state index in [1.54, 1.807) is 13.0 Å². The second-order valence-electron chi connectivity index (χ2n) is 8.81. The van der Waals surface area contributed by atoms with Crippen LogP contribution >= 0.6 is 11.6 Å². The van der Waals surface area contributed by atoms with Gasteiger partial charge in [0, 0.05) is 34.7 Å². The number of aryl methyl sites for hydroxylation is 1. The molecule has 190 valence electrons. The topological polar surface area (TPSA) is 58.7 Å². The molecule has 0 bridgehead atoms. The highest BCUT2D eigenvalue weighted by molar-refractivity contribution is 6.30. The highest BCUT2D eigenvalue weighted by Gasteiger charge is 2.26. The van der Waals surface area contributed by atoms with Gasteiger partial charge in [-0.05, 0) is 80.7 Å². The SMILES string of the molecule is C=CC(N)=C(C(C)=NCc1ccc(CC)cc1)C(c1ccc(Cl)cc1)N(C)C(/C=C(/C)C(C)=O)=C/C. The standard InChI is InChI=1S/C31H38ClN3O/c1-8-24-11-13-25(14-12-24)20-34-22(5)30(29(33)10-3)31(26-15-17-27(32)18-16-26)35(7)28(9-2)19-21(4)23(6)36/h9-19,31H,3,8,20,33H2,1-2,4-7H3/b21-19-,28-9+,30-29?,34-22?. The van der Waals surface area contributed by atoms with Gasteiger partial charge in [-0.2, -0.15) is 0 Å². The van der Waals surface area contributed by atoms with Crippen LogP contribution in [0.3, 0.4) is 0 Å². The highest BCUT2D eigenvalue weighted by Crippen LogP contribution is 2.34. The number of Topliss-reactive ketones (excluding diaryl/α,β-unsaturated/α-hetero) is 1. The van der Waals surface area contributed by atoms with E-state index < -0.39 is 0 Å². The van der Waals surface area contributed by atoms with Crippen LogP contribution in [0.2, 0.25) is 5.02 Å². The van der Waals surface area contributed by atoms with Crippen molar-refractivity contribution in [1.82, 2.24) is 4.90 Å². The number of aliphatic imine (C=N–C) groups is 1. The molecule has 0 aromatic heterocycles. The molecule has 0 saturated heterocycles. The Hall–Kier alpha value is -3.37. The van der Waals surface area contributed by atoms with Crippen LogP contribution in [0.1, 0.15) is 57.4 Å². The van der Waals surface area contributed by atoms with Crippen LogP contribution in [-0.4, -0.2) is 23.4 Å². The van der Waals surface area contributed by atoms with Gasteiger partial charge in [-0.1, -0.05) is 67.6 Å². The van der Waals surface area contributed by atoms with Crippen molar-refractivity contribution in [2.75, 3.05) is 7.05 Å². The number of likely N-dealkylation sites (N-methyl/N-ethyl adjacent to an activating group) is 1. The normalized spacial score (nSPS) is 14.2. The van der Waals surface area contributed by atoms with Crippen molar-refractivity contribution in [3.8, 4) is 0 Å². The summed E-state index contributed by atoms with van der Waals surface area (Å²) in [6.45, 7) is 14.0. The number of hydrogen-bond acceptors (Lipinski definition) is 4. The fourth-order valence-corrected chi connectivity index (χ4v) is 4.07. The summed E-state index contributed by atoms with van der Waals surface area (Å²) in [5.74, 6) is 0.0269. The number of hydrogen-bond donors (Lipinski definition) is 1. The van der Waals surface area contributed by atoms with Gasteiger partial charge >= 0.3 is 0 Å². The quantitative estimate of drug-likeness (QED) is 0.198. The Balaban J connectivity index is 2.62. The summed E-state index contributed by atoms with van der Waals surface area (Å²) < 4.78 is 0. The highest BCUT2D eigenvalue weighted by atomic mass is 35.5. The predicted molar refractivity (Wildman–Crippen MR) is 154 cm³/mol. The van der Waals surface area contributed by atoms with E-state index in [0.29, 0.717) is 22.8 Å². The smallest absolute Gasteiger partial charge is 0.155 e. The summed E-state index contributed by atoms with van der Waals surface area (Å²) in [5, 5.41) is 0.655. The zero-order valence-electron chi connectivity index (χ0n) is 22.3. The van der Waals surface area contributed by atoms with Crippen LogP contribution in [0, 0.1) is 0 Å². The third kappa shape index (κ3) is 7.56. The molecular weight excluding hydrogens is 466 g/mol. The Morgan fingerprint density at radius 1 is 1.08 bits per heavy atom. The lowest BCUT2D eigenvalue weighted by Gasteiger charge is -2.34. The van der Waals surface area contributed by atoms with Crippen molar-refractivity contribution in [2.24, 2.45) is 10.7 Å². The fourth-order valence-electron chi connectivity index (χ4n) is 3.94. The minimum absolute atomic E-state index is 0.0269. The van der Waals surface area contributed by atoms with Gasteiger partial charge in [-0.25, -0.2) is 0 Å². The van der Waals surface area contributed by atoms with Crippen molar-refractivity contribution in [3.05, 3.63) is 118 Å². The lowest BCUT2D eigenvalue weighted by molar-refractivity contribution is -0.113. The number of rotatable bonds is 11. The molecule has 36 heavy (non-hydrogen) atoms. The number of nitrogens with zero attached hydrogens (tertiary/aromatic N) is 2. The number of carbonyl (C=O) groups is 1. The van der Waals surface area contributed by atoms with Gasteiger partial charge in [0.15, 0.2) is 5.78 Å². The minimum Gasteiger partial charge on any atom is -0.398 e. The molecule has 1 atom stereocenters. The first kappa shape index (κ1) is 28.9. The molecule has 0 radical (unpaired) electrons. The zero-order chi connectivity index (χ0) is 26.8. The number of halogens is 1. The van der Waals surface area contributed by atoms with E-state index in [9.17, 15) is 4.79 Å². The average molecular weight is 504 g/mol. The monoisotopic (exact) mass is 503 g/mol. The predicted octanol–water partition coefficient (Wildman–Crippen LogP) is 7.37. The van der Waals surface area contributed by atoms with Crippen molar-refractivity contribution in [2.45, 2.75) is 53.6 Å². The molecule has 0 aliphatic carbocycles. The summed E-state index contributed by atoms with van der Waals surface area (Å²) >= 11 is 6.21. The molecule has 0 aliphatic heterocycles. The first-order valence-corrected chi connectivity index (χ1v) is 12.6. The summed E-state index contributed by atoms with van der Waals surface area (Å²) in [7, 11) is 1.99. The third-order valence-corrected chi connectivity index (χ3v) is 6.57. The van der Waals surface area contributed by atoms with Crippen LogP contribution < -0.4 is 5.73 Å². The average Bonchev–Trinajstić information content (AvgIpc) is 2.88. The molecule has 2 rings (SSSR count). The number of allylic oxidation sites excluding steroid dienone is 4. The second-order valence-corrected chi connectivity index (χ2v) is 9.24. The molecule has 2 aromatic rings. The fraction of sp³-hybridized carbons (Fsp3) is 0.290. The van der Waals surface area contributed by atoms with E-state index in [2.05, 4.69) is 42.7 Å². The van der Waals surface area contributed by atoms with E-state index >= 15 is 0 Å². The Kier molecular flexibility index (Phi) is 10.9. The van der Waals surface area contributed by atoms with Gasteiger partial charge in [0.25, 0.3) is 0 Å². The van der Waals surface area contributed by atoms with Crippen molar-refractivity contribution < 1.29 is 4.79 Å². The third-order valence-electron chi connectivity index (χ3n) is 6.32. The van der Waals surface area contributed by atoms with Gasteiger partial charge in [0.05, 0.1) is 12.6 Å². The summed E-state index contributed by atoms with van der Waals surface area (Å²) in [4.78, 5) is 19.0. The van der Waals surface area contributed by atoms with E-state index in [0.717, 1.165) is 34.5 Å². The lowest BCUT2D eigenvalue weighted by Crippen LogP contribution is -2.29. The minimum atomic E-state index is -0.284. The molecule has 2 aromatic carbocycles. The molecular formula is C31H38ClN3O. The Bertz CT molecular complexity index is 1190. The summed E-state index contributed by atoms with van der Waals surface area (Å²) in [5.41, 5.74) is 13.8. The molecule has 4 nitrogen and oxygen atoms in total. The van der Waals surface area contributed by atoms with Crippen molar-refractivity contribution in [3.63, 3.8) is 0 Å². The molecule has 1 unspecified atom stereocenters. The van der Waals surface area contributed by atoms with E-state index in [4.69, 9.17) is 22.3 Å². The Morgan fingerprint density at radius 3 is 2.17 bits per heavy atom. The molecule has 0 fully saturated rings. The van der Waals surface area contributed by atoms with Gasteiger partial charge in [0.2, 0.25) is 0 Å². The van der Waals surface area contributed by atoms with Crippen LogP contribution in [0.5, 0.6) is 0 Å². The Morgan fingerprint density at radius 2 is 1.67 bits per heavy atom. The molecule has 0 heterocycles. The van der Waals surface area contributed by atoms with E-state index in [-0.39, 0.29) is 11.8 Å². The van der Waals surface area contributed by atoms with Gasteiger partial charge < -0.3 is 10.6 Å².